The van der Waals surface area contributed by atoms with Crippen molar-refractivity contribution in [3.05, 3.63) is 83.0 Å². The first-order valence-corrected chi connectivity index (χ1v) is 14.8. The van der Waals surface area contributed by atoms with Crippen LogP contribution in [0.4, 0.5) is 0 Å². The van der Waals surface area contributed by atoms with Crippen molar-refractivity contribution in [2.24, 2.45) is 4.99 Å². The molecule has 2 aromatic carbocycles. The molecule has 43 heavy (non-hydrogen) atoms. The Kier molecular flexibility index (Phi) is 10.2. The highest BCUT2D eigenvalue weighted by molar-refractivity contribution is 9.10. The van der Waals surface area contributed by atoms with Gasteiger partial charge in [0.15, 0.2) is 22.9 Å². The first-order chi connectivity index (χ1) is 20.6. The average Bonchev–Trinajstić information content (AvgIpc) is 3.26. The fraction of sp³-hybridized carbons (Fsp3) is 0.300. The van der Waals surface area contributed by atoms with Crippen LogP contribution in [0.25, 0.3) is 6.08 Å². The molecular formula is C30H29BrN2O9S. The number of nitrogens with zero attached hydrogens (tertiary/aromatic N) is 2. The van der Waals surface area contributed by atoms with Gasteiger partial charge in [0.25, 0.3) is 5.56 Å². The van der Waals surface area contributed by atoms with Gasteiger partial charge in [-0.3, -0.25) is 14.2 Å². The van der Waals surface area contributed by atoms with Gasteiger partial charge in [-0.15, -0.1) is 0 Å². The minimum atomic E-state index is -0.915. The molecule has 0 radical (unpaired) electrons. The first kappa shape index (κ1) is 31.7. The number of hydrogen-bond acceptors (Lipinski definition) is 11. The van der Waals surface area contributed by atoms with E-state index < -0.39 is 29.5 Å². The Bertz CT molecular complexity index is 1790. The lowest BCUT2D eigenvalue weighted by Gasteiger charge is -2.25. The molecule has 0 fully saturated rings. The van der Waals surface area contributed by atoms with E-state index in [4.69, 9.17) is 18.9 Å². The summed E-state index contributed by atoms with van der Waals surface area (Å²) in [6.07, 6.45) is 1.61. The zero-order valence-corrected chi connectivity index (χ0v) is 26.5. The van der Waals surface area contributed by atoms with Crippen LogP contribution in [0.3, 0.4) is 0 Å². The van der Waals surface area contributed by atoms with Crippen molar-refractivity contribution >= 4 is 51.3 Å². The first-order valence-electron chi connectivity index (χ1n) is 13.2. The van der Waals surface area contributed by atoms with Crippen LogP contribution in [-0.2, 0) is 23.9 Å². The van der Waals surface area contributed by atoms with Crippen LogP contribution in [-0.4, -0.2) is 49.4 Å². The third kappa shape index (κ3) is 7.05. The lowest BCUT2D eigenvalue weighted by Crippen LogP contribution is -2.40. The van der Waals surface area contributed by atoms with Gasteiger partial charge in [0.05, 0.1) is 42.2 Å². The quantitative estimate of drug-likeness (QED) is 0.235. The SMILES string of the molecule is CCOC(=O)C1=C(C)N=c2s/c(=C/c3cc(Br)ccc3OC(C)=O)c(=O)n2[C@@H]1c1ccc(OCC(=O)OC)c(OCC)c1. The molecule has 1 aliphatic heterocycles. The van der Waals surface area contributed by atoms with Crippen LogP contribution in [0.1, 0.15) is 44.9 Å². The van der Waals surface area contributed by atoms with E-state index in [0.29, 0.717) is 31.9 Å². The molecule has 11 nitrogen and oxygen atoms in total. The summed E-state index contributed by atoms with van der Waals surface area (Å²) in [5.41, 5.74) is 1.19. The van der Waals surface area contributed by atoms with E-state index in [1.807, 2.05) is 0 Å². The molecule has 0 spiro atoms. The Morgan fingerprint density at radius 2 is 1.79 bits per heavy atom. The minimum absolute atomic E-state index is 0.124. The fourth-order valence-electron chi connectivity index (χ4n) is 4.41. The van der Waals surface area contributed by atoms with Gasteiger partial charge >= 0.3 is 17.9 Å². The number of rotatable bonds is 10. The minimum Gasteiger partial charge on any atom is -0.490 e. The molecule has 0 amide bonds. The molecule has 13 heteroatoms. The maximum Gasteiger partial charge on any atom is 0.343 e. The van der Waals surface area contributed by atoms with Gasteiger partial charge in [-0.1, -0.05) is 33.3 Å². The number of fused-ring (bicyclic) bond motifs is 1. The van der Waals surface area contributed by atoms with Gasteiger partial charge in [0.2, 0.25) is 0 Å². The molecule has 2 heterocycles. The highest BCUT2D eigenvalue weighted by atomic mass is 79.9. The monoisotopic (exact) mass is 672 g/mol. The predicted octanol–water partition coefficient (Wildman–Crippen LogP) is 3.44. The van der Waals surface area contributed by atoms with E-state index in [0.717, 1.165) is 15.8 Å². The molecule has 0 aliphatic carbocycles. The van der Waals surface area contributed by atoms with Gasteiger partial charge in [-0.2, -0.15) is 0 Å². The summed E-state index contributed by atoms with van der Waals surface area (Å²) >= 11 is 4.55. The summed E-state index contributed by atoms with van der Waals surface area (Å²) in [5, 5.41) is 0. The van der Waals surface area contributed by atoms with E-state index in [-0.39, 0.29) is 36.9 Å². The van der Waals surface area contributed by atoms with Gasteiger partial charge in [0, 0.05) is 17.0 Å². The number of carbonyl (C=O) groups is 3. The van der Waals surface area contributed by atoms with Crippen molar-refractivity contribution in [2.45, 2.75) is 33.7 Å². The third-order valence-corrected chi connectivity index (χ3v) is 7.66. The number of hydrogen-bond donors (Lipinski definition) is 0. The van der Waals surface area contributed by atoms with E-state index in [2.05, 4.69) is 25.7 Å². The molecule has 1 atom stereocenters. The molecule has 4 rings (SSSR count). The van der Waals surface area contributed by atoms with Crippen molar-refractivity contribution in [2.75, 3.05) is 26.9 Å². The summed E-state index contributed by atoms with van der Waals surface area (Å²) in [6, 6.07) is 9.10. The van der Waals surface area contributed by atoms with Crippen LogP contribution < -0.4 is 29.1 Å². The van der Waals surface area contributed by atoms with E-state index in [9.17, 15) is 19.2 Å². The normalized spacial score (nSPS) is 14.5. The molecular weight excluding hydrogens is 644 g/mol. The summed E-state index contributed by atoms with van der Waals surface area (Å²) in [4.78, 5) is 55.6. The van der Waals surface area contributed by atoms with Crippen LogP contribution >= 0.6 is 27.3 Å². The van der Waals surface area contributed by atoms with Crippen LogP contribution in [0.15, 0.2) is 61.9 Å². The Labute approximate surface area is 259 Å². The van der Waals surface area contributed by atoms with Crippen molar-refractivity contribution in [1.29, 1.82) is 0 Å². The standard InChI is InChI=1S/C30H29BrN2O9S/c1-6-39-23-13-18(8-10-22(23)41-15-25(35)38-5)27-26(29(37)40-7-2)16(3)32-30-33(27)28(36)24(43-30)14-19-12-20(31)9-11-21(19)42-17(4)34/h8-14,27H,6-7,15H2,1-5H3/b24-14+/t27-/m1/s1. The summed E-state index contributed by atoms with van der Waals surface area (Å²) in [5.74, 6) is -0.804. The average molecular weight is 674 g/mol. The second-order valence-electron chi connectivity index (χ2n) is 9.08. The number of aromatic nitrogens is 1. The van der Waals surface area contributed by atoms with Crippen molar-refractivity contribution in [3.8, 4) is 17.2 Å². The molecule has 3 aromatic rings. The zero-order chi connectivity index (χ0) is 31.3. The van der Waals surface area contributed by atoms with Crippen molar-refractivity contribution in [1.82, 2.24) is 4.57 Å². The highest BCUT2D eigenvalue weighted by Crippen LogP contribution is 2.36. The van der Waals surface area contributed by atoms with Crippen LogP contribution in [0, 0.1) is 0 Å². The number of esters is 3. The maximum absolute atomic E-state index is 14.0. The molecule has 0 bridgehead atoms. The van der Waals surface area contributed by atoms with Gasteiger partial charge < -0.3 is 23.7 Å². The number of allylic oxidation sites excluding steroid dienone is 1. The summed E-state index contributed by atoms with van der Waals surface area (Å²) in [6.45, 7) is 6.54. The summed E-state index contributed by atoms with van der Waals surface area (Å²) < 4.78 is 29.2. The molecule has 0 saturated heterocycles. The zero-order valence-electron chi connectivity index (χ0n) is 24.1. The Balaban J connectivity index is 1.92. The lowest BCUT2D eigenvalue weighted by atomic mass is 9.95. The maximum atomic E-state index is 14.0. The number of methoxy groups -OCH3 is 1. The molecule has 1 aromatic heterocycles. The number of carbonyl (C=O) groups excluding carboxylic acids is 3. The molecule has 0 saturated carbocycles. The lowest BCUT2D eigenvalue weighted by molar-refractivity contribution is -0.143. The van der Waals surface area contributed by atoms with E-state index in [1.165, 1.54) is 18.6 Å². The highest BCUT2D eigenvalue weighted by Gasteiger charge is 2.34. The van der Waals surface area contributed by atoms with Crippen molar-refractivity contribution in [3.63, 3.8) is 0 Å². The molecule has 1 aliphatic rings. The summed E-state index contributed by atoms with van der Waals surface area (Å²) in [7, 11) is 1.26. The number of ether oxygens (including phenoxy) is 5. The molecule has 0 unspecified atom stereocenters. The van der Waals surface area contributed by atoms with E-state index in [1.54, 1.807) is 63.2 Å². The van der Waals surface area contributed by atoms with Crippen molar-refractivity contribution < 1.29 is 38.1 Å². The van der Waals surface area contributed by atoms with Crippen LogP contribution in [0.2, 0.25) is 0 Å². The Morgan fingerprint density at radius 3 is 2.47 bits per heavy atom. The largest absolute Gasteiger partial charge is 0.490 e. The van der Waals surface area contributed by atoms with Gasteiger partial charge in [-0.05, 0) is 62.7 Å². The number of halogens is 1. The van der Waals surface area contributed by atoms with Crippen LogP contribution in [0.5, 0.6) is 17.2 Å². The molecule has 226 valence electrons. The Morgan fingerprint density at radius 1 is 1.05 bits per heavy atom. The predicted molar refractivity (Wildman–Crippen MR) is 161 cm³/mol. The molecule has 0 N–H and O–H groups in total. The second kappa shape index (κ2) is 13.8. The number of benzene rings is 2. The second-order valence-corrected chi connectivity index (χ2v) is 11.0. The third-order valence-electron chi connectivity index (χ3n) is 6.19. The smallest absolute Gasteiger partial charge is 0.343 e. The van der Waals surface area contributed by atoms with Gasteiger partial charge in [-0.25, -0.2) is 14.6 Å². The Hall–Kier alpha value is -4.23. The topological polar surface area (TPSA) is 132 Å². The number of thiazole rings is 1. The van der Waals surface area contributed by atoms with Gasteiger partial charge in [0.1, 0.15) is 5.75 Å². The fourth-order valence-corrected chi connectivity index (χ4v) is 5.82. The van der Waals surface area contributed by atoms with E-state index >= 15 is 0 Å².